The van der Waals surface area contributed by atoms with Gasteiger partial charge in [-0.25, -0.2) is 9.78 Å². The van der Waals surface area contributed by atoms with E-state index in [4.69, 9.17) is 10.5 Å². The second-order valence-corrected chi connectivity index (χ2v) is 9.63. The van der Waals surface area contributed by atoms with Crippen molar-refractivity contribution < 1.29 is 9.53 Å². The molecule has 186 valence electrons. The van der Waals surface area contributed by atoms with Crippen molar-refractivity contribution >= 4 is 23.4 Å². The third kappa shape index (κ3) is 5.13. The third-order valence-electron chi connectivity index (χ3n) is 6.41. The number of aryl methyl sites for hydroxylation is 1. The summed E-state index contributed by atoms with van der Waals surface area (Å²) >= 11 is 1.27. The van der Waals surface area contributed by atoms with Gasteiger partial charge in [-0.3, -0.25) is 18.7 Å². The Labute approximate surface area is 207 Å². The Morgan fingerprint density at radius 1 is 1.17 bits per heavy atom. The average Bonchev–Trinajstić information content (AvgIpc) is 3.45. The summed E-state index contributed by atoms with van der Waals surface area (Å²) in [6.45, 7) is 7.39. The van der Waals surface area contributed by atoms with Gasteiger partial charge in [0.2, 0.25) is 0 Å². The van der Waals surface area contributed by atoms with E-state index in [1.54, 1.807) is 6.92 Å². The fourth-order valence-corrected chi connectivity index (χ4v) is 5.29. The summed E-state index contributed by atoms with van der Waals surface area (Å²) in [6.07, 6.45) is 2.17. The molecule has 4 rings (SSSR count). The van der Waals surface area contributed by atoms with Crippen molar-refractivity contribution in [3.05, 3.63) is 73.7 Å². The number of Topliss-reactive ketones (excluding diaryl/α,β-unsaturated/α-hetero) is 1. The fraction of sp³-hybridized carbons (Fsp3) is 0.440. The van der Waals surface area contributed by atoms with E-state index in [0.717, 1.165) is 41.0 Å². The van der Waals surface area contributed by atoms with Crippen LogP contribution in [0.3, 0.4) is 0 Å². The molecule has 3 heterocycles. The van der Waals surface area contributed by atoms with E-state index >= 15 is 0 Å². The van der Waals surface area contributed by atoms with E-state index in [1.165, 1.54) is 16.3 Å². The number of ether oxygens (including phenoxy) is 1. The molecule has 35 heavy (non-hydrogen) atoms. The molecule has 10 heteroatoms. The van der Waals surface area contributed by atoms with E-state index in [-0.39, 0.29) is 36.3 Å². The van der Waals surface area contributed by atoms with Crippen LogP contribution in [0.4, 0.5) is 5.82 Å². The predicted molar refractivity (Wildman–Crippen MR) is 136 cm³/mol. The molecule has 0 saturated carbocycles. The number of imidazole rings is 1. The van der Waals surface area contributed by atoms with Gasteiger partial charge in [-0.15, -0.1) is 0 Å². The van der Waals surface area contributed by atoms with Crippen molar-refractivity contribution in [2.24, 2.45) is 0 Å². The number of thioether (sulfide) groups is 1. The van der Waals surface area contributed by atoms with E-state index in [1.807, 2.05) is 44.2 Å². The number of aromatic nitrogens is 4. The normalized spacial score (nSPS) is 15.6. The maximum Gasteiger partial charge on any atom is 0.332 e. The van der Waals surface area contributed by atoms with Crippen LogP contribution in [0, 0.1) is 13.8 Å². The molecule has 2 N–H and O–H groups in total. The molecule has 1 atom stereocenters. The maximum absolute atomic E-state index is 13.3. The number of nitrogens with two attached hydrogens (primary N) is 1. The van der Waals surface area contributed by atoms with Crippen molar-refractivity contribution in [2.45, 2.75) is 64.5 Å². The number of ketones is 1. The second-order valence-electron chi connectivity index (χ2n) is 8.69. The summed E-state index contributed by atoms with van der Waals surface area (Å²) in [5.74, 6) is -0.550. The standard InChI is InChI=1S/C25H31N5O4S/c1-4-28-23(32)21(22(26)30(25(28)33)13-18-9-6-5-7-10-18)20(31)15-35-24-27-16(2)17(3)29(24)14-19-11-8-12-34-19/h5-7,9-10,19H,4,8,11-15,26H2,1-3H3/t19-/m0/s1. The van der Waals surface area contributed by atoms with Gasteiger partial charge < -0.3 is 15.0 Å². The van der Waals surface area contributed by atoms with E-state index in [2.05, 4.69) is 9.55 Å². The van der Waals surface area contributed by atoms with Gasteiger partial charge in [0, 0.05) is 18.8 Å². The second kappa shape index (κ2) is 10.7. The number of benzene rings is 1. The van der Waals surface area contributed by atoms with Crippen LogP contribution >= 0.6 is 11.8 Å². The molecule has 1 aliphatic heterocycles. The van der Waals surface area contributed by atoms with Gasteiger partial charge in [-0.1, -0.05) is 42.1 Å². The van der Waals surface area contributed by atoms with Crippen LogP contribution in [0.5, 0.6) is 0 Å². The molecule has 1 aromatic carbocycles. The minimum absolute atomic E-state index is 0.0197. The third-order valence-corrected chi connectivity index (χ3v) is 7.39. The predicted octanol–water partition coefficient (Wildman–Crippen LogP) is 2.63. The van der Waals surface area contributed by atoms with Crippen LogP contribution in [0.2, 0.25) is 0 Å². The zero-order chi connectivity index (χ0) is 25.1. The molecular formula is C25H31N5O4S. The van der Waals surface area contributed by atoms with E-state index < -0.39 is 17.0 Å². The van der Waals surface area contributed by atoms with E-state index in [9.17, 15) is 14.4 Å². The maximum atomic E-state index is 13.3. The molecule has 1 aliphatic rings. The summed E-state index contributed by atoms with van der Waals surface area (Å²) in [7, 11) is 0. The quantitative estimate of drug-likeness (QED) is 0.357. The Hall–Kier alpha value is -3.11. The SMILES string of the molecule is CCn1c(=O)c(C(=O)CSc2nc(C)c(C)n2C[C@@H]2CCCO2)c(N)n(Cc2ccccc2)c1=O. The number of hydrogen-bond donors (Lipinski definition) is 1. The Kier molecular flexibility index (Phi) is 7.61. The molecule has 3 aromatic rings. The first-order chi connectivity index (χ1) is 16.8. The molecule has 0 bridgehead atoms. The highest BCUT2D eigenvalue weighted by Crippen LogP contribution is 2.25. The van der Waals surface area contributed by atoms with Gasteiger partial charge in [0.15, 0.2) is 10.9 Å². The zero-order valence-corrected chi connectivity index (χ0v) is 21.1. The first-order valence-corrected chi connectivity index (χ1v) is 12.8. The molecule has 0 amide bonds. The highest BCUT2D eigenvalue weighted by Gasteiger charge is 2.25. The van der Waals surface area contributed by atoms with Gasteiger partial charge >= 0.3 is 5.69 Å². The van der Waals surface area contributed by atoms with Crippen molar-refractivity contribution in [3.8, 4) is 0 Å². The minimum atomic E-state index is -0.653. The Bertz CT molecular complexity index is 1340. The number of nitrogens with zero attached hydrogens (tertiary/aromatic N) is 4. The van der Waals surface area contributed by atoms with Crippen LogP contribution < -0.4 is 17.0 Å². The van der Waals surface area contributed by atoms with Crippen LogP contribution in [0.15, 0.2) is 45.1 Å². The first kappa shape index (κ1) is 25.0. The molecule has 9 nitrogen and oxygen atoms in total. The largest absolute Gasteiger partial charge is 0.384 e. The van der Waals surface area contributed by atoms with Crippen LogP contribution in [0.25, 0.3) is 0 Å². The lowest BCUT2D eigenvalue weighted by atomic mass is 10.2. The minimum Gasteiger partial charge on any atom is -0.384 e. The molecule has 1 fully saturated rings. The topological polar surface area (TPSA) is 114 Å². The fourth-order valence-electron chi connectivity index (χ4n) is 4.32. The molecular weight excluding hydrogens is 466 g/mol. The summed E-state index contributed by atoms with van der Waals surface area (Å²) < 4.78 is 10.2. The lowest BCUT2D eigenvalue weighted by Crippen LogP contribution is -2.44. The van der Waals surface area contributed by atoms with Crippen molar-refractivity contribution in [3.63, 3.8) is 0 Å². The first-order valence-electron chi connectivity index (χ1n) is 11.8. The number of rotatable bonds is 9. The van der Waals surface area contributed by atoms with Gasteiger partial charge in [0.05, 0.1) is 30.6 Å². The zero-order valence-electron chi connectivity index (χ0n) is 20.3. The van der Waals surface area contributed by atoms with Crippen molar-refractivity contribution in [2.75, 3.05) is 18.1 Å². The lowest BCUT2D eigenvalue weighted by Gasteiger charge is -2.16. The average molecular weight is 498 g/mol. The molecule has 0 aliphatic carbocycles. The molecule has 2 aromatic heterocycles. The number of nitrogen functional groups attached to an aromatic ring is 1. The van der Waals surface area contributed by atoms with Crippen molar-refractivity contribution in [1.82, 2.24) is 18.7 Å². The van der Waals surface area contributed by atoms with Gasteiger partial charge in [0.1, 0.15) is 11.4 Å². The Morgan fingerprint density at radius 3 is 2.57 bits per heavy atom. The summed E-state index contributed by atoms with van der Waals surface area (Å²) in [6, 6.07) is 9.32. The number of carbonyl (C=O) groups is 1. The van der Waals surface area contributed by atoms with Gasteiger partial charge in [-0.05, 0) is 39.2 Å². The Balaban J connectivity index is 1.63. The molecule has 0 spiro atoms. The highest BCUT2D eigenvalue weighted by atomic mass is 32.2. The van der Waals surface area contributed by atoms with Crippen LogP contribution in [-0.4, -0.2) is 42.9 Å². The number of carbonyl (C=O) groups excluding carboxylic acids is 1. The number of anilines is 1. The van der Waals surface area contributed by atoms with Crippen LogP contribution in [-0.2, 0) is 24.4 Å². The van der Waals surface area contributed by atoms with E-state index in [0.29, 0.717) is 11.7 Å². The molecule has 0 radical (unpaired) electrons. The van der Waals surface area contributed by atoms with Gasteiger partial charge in [-0.2, -0.15) is 0 Å². The number of hydrogen-bond acceptors (Lipinski definition) is 7. The van der Waals surface area contributed by atoms with Crippen LogP contribution in [0.1, 0.15) is 47.1 Å². The monoisotopic (exact) mass is 497 g/mol. The highest BCUT2D eigenvalue weighted by molar-refractivity contribution is 7.99. The van der Waals surface area contributed by atoms with Gasteiger partial charge in [0.25, 0.3) is 5.56 Å². The molecule has 1 saturated heterocycles. The lowest BCUT2D eigenvalue weighted by molar-refractivity contribution is 0.0945. The molecule has 0 unspecified atom stereocenters. The Morgan fingerprint density at radius 2 is 1.91 bits per heavy atom. The smallest absolute Gasteiger partial charge is 0.332 e. The summed E-state index contributed by atoms with van der Waals surface area (Å²) in [5, 5.41) is 0.704. The summed E-state index contributed by atoms with van der Waals surface area (Å²) in [5.41, 5.74) is 7.71. The van der Waals surface area contributed by atoms with Crippen molar-refractivity contribution in [1.29, 1.82) is 0 Å². The summed E-state index contributed by atoms with van der Waals surface area (Å²) in [4.78, 5) is 43.9.